The van der Waals surface area contributed by atoms with E-state index >= 15 is 0 Å². The van der Waals surface area contributed by atoms with Crippen molar-refractivity contribution in [2.24, 2.45) is 11.1 Å². The minimum atomic E-state index is -0.736. The number of amides is 1. The summed E-state index contributed by atoms with van der Waals surface area (Å²) in [6, 6.07) is 7.40. The van der Waals surface area contributed by atoms with Crippen LogP contribution < -0.4 is 11.1 Å². The second kappa shape index (κ2) is 5.25. The summed E-state index contributed by atoms with van der Waals surface area (Å²) in [6.07, 6.45) is 0.953. The first-order chi connectivity index (χ1) is 8.87. The van der Waals surface area contributed by atoms with Crippen LogP contribution in [0.5, 0.6) is 0 Å². The van der Waals surface area contributed by atoms with Crippen LogP contribution in [0.1, 0.15) is 20.3 Å². The molecule has 0 spiro atoms. The Labute approximate surface area is 123 Å². The first-order valence-corrected chi connectivity index (χ1v) is 7.82. The van der Waals surface area contributed by atoms with Gasteiger partial charge in [0.25, 0.3) is 0 Å². The van der Waals surface area contributed by atoms with Crippen molar-refractivity contribution in [3.05, 3.63) is 29.3 Å². The SMILES string of the molecule is CC1(C)CCSCC1(Nc1cccc(Cl)c1)C(N)=O. The summed E-state index contributed by atoms with van der Waals surface area (Å²) >= 11 is 7.76. The average Bonchev–Trinajstić information content (AvgIpc) is 2.31. The lowest BCUT2D eigenvalue weighted by molar-refractivity contribution is -0.125. The molecule has 1 unspecified atom stereocenters. The normalized spacial score (nSPS) is 25.8. The van der Waals surface area contributed by atoms with Gasteiger partial charge in [-0.1, -0.05) is 31.5 Å². The number of anilines is 1. The monoisotopic (exact) mass is 298 g/mol. The molecule has 1 fully saturated rings. The van der Waals surface area contributed by atoms with Gasteiger partial charge in [0.1, 0.15) is 5.54 Å². The first kappa shape index (κ1) is 14.5. The Kier molecular flexibility index (Phi) is 4.02. The predicted octanol–water partition coefficient (Wildman–Crippen LogP) is 3.14. The van der Waals surface area contributed by atoms with Crippen molar-refractivity contribution < 1.29 is 4.79 Å². The summed E-state index contributed by atoms with van der Waals surface area (Å²) in [5.74, 6) is 1.44. The van der Waals surface area contributed by atoms with Gasteiger partial charge in [-0.3, -0.25) is 4.79 Å². The summed E-state index contributed by atoms with van der Waals surface area (Å²) in [6.45, 7) is 4.18. The fourth-order valence-corrected chi connectivity index (χ4v) is 4.35. The van der Waals surface area contributed by atoms with Crippen LogP contribution in [-0.4, -0.2) is 23.0 Å². The van der Waals surface area contributed by atoms with Gasteiger partial charge < -0.3 is 11.1 Å². The van der Waals surface area contributed by atoms with Gasteiger partial charge in [0, 0.05) is 16.5 Å². The van der Waals surface area contributed by atoms with Crippen LogP contribution in [0.3, 0.4) is 0 Å². The van der Waals surface area contributed by atoms with E-state index < -0.39 is 5.54 Å². The molecule has 0 radical (unpaired) electrons. The van der Waals surface area contributed by atoms with E-state index in [9.17, 15) is 4.79 Å². The highest BCUT2D eigenvalue weighted by molar-refractivity contribution is 7.99. The maximum absolute atomic E-state index is 12.1. The van der Waals surface area contributed by atoms with E-state index in [1.807, 2.05) is 24.3 Å². The summed E-state index contributed by atoms with van der Waals surface area (Å²) < 4.78 is 0. The summed E-state index contributed by atoms with van der Waals surface area (Å²) in [5.41, 5.74) is 5.63. The lowest BCUT2D eigenvalue weighted by atomic mass is 9.70. The Hall–Kier alpha value is -0.870. The maximum Gasteiger partial charge on any atom is 0.244 e. The lowest BCUT2D eigenvalue weighted by Gasteiger charge is -2.48. The number of nitrogens with one attached hydrogen (secondary N) is 1. The number of rotatable bonds is 3. The second-order valence-electron chi connectivity index (χ2n) is 5.59. The Morgan fingerprint density at radius 2 is 2.21 bits per heavy atom. The third kappa shape index (κ3) is 2.70. The van der Waals surface area contributed by atoms with Gasteiger partial charge in [0.05, 0.1) is 0 Å². The van der Waals surface area contributed by atoms with Gasteiger partial charge in [0.2, 0.25) is 5.91 Å². The molecule has 1 aromatic carbocycles. The van der Waals surface area contributed by atoms with Gasteiger partial charge >= 0.3 is 0 Å². The van der Waals surface area contributed by atoms with Gasteiger partial charge in [-0.2, -0.15) is 11.8 Å². The third-order valence-corrected chi connectivity index (χ3v) is 5.31. The van der Waals surface area contributed by atoms with Crippen LogP contribution in [-0.2, 0) is 4.79 Å². The van der Waals surface area contributed by atoms with E-state index in [1.165, 1.54) is 0 Å². The molecule has 19 heavy (non-hydrogen) atoms. The molecule has 1 aromatic rings. The number of thioether (sulfide) groups is 1. The number of nitrogens with two attached hydrogens (primary N) is 1. The van der Waals surface area contributed by atoms with Crippen molar-refractivity contribution in [1.29, 1.82) is 0 Å². The second-order valence-corrected chi connectivity index (χ2v) is 7.13. The fourth-order valence-electron chi connectivity index (χ4n) is 2.45. The molecule has 3 N–H and O–H groups in total. The summed E-state index contributed by atoms with van der Waals surface area (Å²) in [4.78, 5) is 12.1. The van der Waals surface area contributed by atoms with Crippen molar-refractivity contribution >= 4 is 35.0 Å². The third-order valence-electron chi connectivity index (χ3n) is 3.95. The van der Waals surface area contributed by atoms with Crippen LogP contribution >= 0.6 is 23.4 Å². The van der Waals surface area contributed by atoms with E-state index in [0.29, 0.717) is 10.8 Å². The molecule has 1 heterocycles. The number of carbonyl (C=O) groups excluding carboxylic acids is 1. The van der Waals surface area contributed by atoms with Gasteiger partial charge in [-0.05, 0) is 35.8 Å². The molecule has 1 amide bonds. The average molecular weight is 299 g/mol. The van der Waals surface area contributed by atoms with Gasteiger partial charge in [-0.25, -0.2) is 0 Å². The maximum atomic E-state index is 12.1. The first-order valence-electron chi connectivity index (χ1n) is 6.29. The molecular formula is C14H19ClN2OS. The van der Waals surface area contributed by atoms with Crippen molar-refractivity contribution in [2.45, 2.75) is 25.8 Å². The van der Waals surface area contributed by atoms with Crippen molar-refractivity contribution in [3.8, 4) is 0 Å². The van der Waals surface area contributed by atoms with Crippen LogP contribution in [0.25, 0.3) is 0 Å². The smallest absolute Gasteiger partial charge is 0.244 e. The molecule has 1 saturated heterocycles. The molecule has 0 saturated carbocycles. The van der Waals surface area contributed by atoms with Crippen LogP contribution in [0.4, 0.5) is 5.69 Å². The molecule has 0 bridgehead atoms. The zero-order valence-electron chi connectivity index (χ0n) is 11.2. The molecule has 2 rings (SSSR count). The van der Waals surface area contributed by atoms with E-state index in [1.54, 1.807) is 11.8 Å². The quantitative estimate of drug-likeness (QED) is 0.901. The Bertz CT molecular complexity index is 492. The zero-order valence-corrected chi connectivity index (χ0v) is 12.8. The topological polar surface area (TPSA) is 55.1 Å². The zero-order chi connectivity index (χ0) is 14.1. The highest BCUT2D eigenvalue weighted by atomic mass is 35.5. The van der Waals surface area contributed by atoms with E-state index in [4.69, 9.17) is 17.3 Å². The van der Waals surface area contributed by atoms with Crippen molar-refractivity contribution in [1.82, 2.24) is 0 Å². The molecule has 1 aliphatic heterocycles. The number of carbonyl (C=O) groups is 1. The Morgan fingerprint density at radius 1 is 1.47 bits per heavy atom. The van der Waals surface area contributed by atoms with Crippen LogP contribution in [0.2, 0.25) is 5.02 Å². The van der Waals surface area contributed by atoms with E-state index in [2.05, 4.69) is 19.2 Å². The standard InChI is InChI=1S/C14H19ClN2OS/c1-13(2)6-7-19-9-14(13,12(16)18)17-11-5-3-4-10(15)8-11/h3-5,8,17H,6-7,9H2,1-2H3,(H2,16,18). The number of primary amides is 1. The van der Waals surface area contributed by atoms with E-state index in [0.717, 1.165) is 17.9 Å². The highest BCUT2D eigenvalue weighted by Gasteiger charge is 2.51. The van der Waals surface area contributed by atoms with Crippen molar-refractivity contribution in [2.75, 3.05) is 16.8 Å². The summed E-state index contributed by atoms with van der Waals surface area (Å²) in [5, 5.41) is 3.99. The minimum absolute atomic E-state index is 0.188. The fraction of sp³-hybridized carbons (Fsp3) is 0.500. The molecular weight excluding hydrogens is 280 g/mol. The van der Waals surface area contributed by atoms with Crippen LogP contribution in [0, 0.1) is 5.41 Å². The predicted molar refractivity (Wildman–Crippen MR) is 82.7 cm³/mol. The Morgan fingerprint density at radius 3 is 2.79 bits per heavy atom. The minimum Gasteiger partial charge on any atom is -0.370 e. The number of benzene rings is 1. The number of halogens is 1. The molecule has 1 atom stereocenters. The molecule has 5 heteroatoms. The molecule has 0 aromatic heterocycles. The number of hydrogen-bond donors (Lipinski definition) is 2. The molecule has 1 aliphatic rings. The molecule has 3 nitrogen and oxygen atoms in total. The highest BCUT2D eigenvalue weighted by Crippen LogP contribution is 2.44. The van der Waals surface area contributed by atoms with E-state index in [-0.39, 0.29) is 11.3 Å². The van der Waals surface area contributed by atoms with Crippen molar-refractivity contribution in [3.63, 3.8) is 0 Å². The molecule has 0 aliphatic carbocycles. The summed E-state index contributed by atoms with van der Waals surface area (Å²) in [7, 11) is 0. The largest absolute Gasteiger partial charge is 0.370 e. The lowest BCUT2D eigenvalue weighted by Crippen LogP contribution is -2.63. The number of hydrogen-bond acceptors (Lipinski definition) is 3. The van der Waals surface area contributed by atoms with Crippen LogP contribution in [0.15, 0.2) is 24.3 Å². The molecule has 104 valence electrons. The Balaban J connectivity index is 2.37. The van der Waals surface area contributed by atoms with Gasteiger partial charge in [0.15, 0.2) is 0 Å². The van der Waals surface area contributed by atoms with Gasteiger partial charge in [-0.15, -0.1) is 0 Å².